The van der Waals surface area contributed by atoms with Crippen molar-refractivity contribution in [1.29, 1.82) is 10.5 Å². The monoisotopic (exact) mass is 1250 g/mol. The van der Waals surface area contributed by atoms with Crippen molar-refractivity contribution in [2.24, 2.45) is 0 Å². The van der Waals surface area contributed by atoms with Crippen LogP contribution in [0.15, 0.2) is 24.3 Å². The van der Waals surface area contributed by atoms with Crippen molar-refractivity contribution in [2.75, 3.05) is 80.4 Å². The van der Waals surface area contributed by atoms with Crippen LogP contribution >= 0.6 is 45.9 Å². The highest BCUT2D eigenvalue weighted by molar-refractivity contribution is 7.23. The number of anilines is 4. The van der Waals surface area contributed by atoms with Gasteiger partial charge in [-0.15, -0.1) is 22.7 Å². The van der Waals surface area contributed by atoms with E-state index in [9.17, 15) is 23.7 Å². The molecular weight excluding hydrogens is 1200 g/mol. The molecule has 4 aromatic heterocycles. The Balaban J connectivity index is 0.810. The topological polar surface area (TPSA) is 196 Å². The number of nitrogen functional groups attached to an aromatic ring is 1. The van der Waals surface area contributed by atoms with Crippen LogP contribution in [0, 0.1) is 45.9 Å². The van der Waals surface area contributed by atoms with E-state index in [0.29, 0.717) is 19.4 Å². The molecule has 440 valence electrons. The smallest absolute Gasteiger partial charge is 0.319 e. The van der Waals surface area contributed by atoms with Crippen molar-refractivity contribution in [2.45, 2.75) is 87.5 Å². The number of halogens is 10. The number of ether oxygens (including phenoxy) is 4. The summed E-state index contributed by atoms with van der Waals surface area (Å²) in [5.74, 6) is -3.59. The molecule has 16 nitrogen and oxygen atoms in total. The summed E-state index contributed by atoms with van der Waals surface area (Å²) in [7, 11) is 0. The van der Waals surface area contributed by atoms with Gasteiger partial charge in [-0.25, -0.2) is 35.1 Å². The van der Waals surface area contributed by atoms with Gasteiger partial charge in [-0.2, -0.15) is 30.5 Å². The van der Waals surface area contributed by atoms with Gasteiger partial charge in [0.2, 0.25) is 0 Å². The van der Waals surface area contributed by atoms with Crippen molar-refractivity contribution in [3.8, 4) is 57.9 Å². The number of hydrogen-bond donors (Lipinski definition) is 3. The maximum atomic E-state index is 17.6. The maximum absolute atomic E-state index is 17.6. The van der Waals surface area contributed by atoms with Crippen LogP contribution in [-0.2, 0) is 0 Å². The van der Waals surface area contributed by atoms with Gasteiger partial charge in [-0.05, 0) is 62.4 Å². The number of nitrogens with two attached hydrogens (primary N) is 1. The SMILES string of the molecule is C[C@H]1COc2c(Cl)c(-c3ccc(F)c4sc(N)c(C#N)c34)c(F)c3nc(OC[C@@]45CCC(Nc6sc7c(F)ccc(-c8c(Cl)c9c%10c(nc(OC[C@@]%11%12CCCN%11C[C@H](F)C%12)nc%10c8F)NCCO9)c7c6C#N)N4C[C@H](F)C5)nc(c23)N1CC(F)F. The fraction of sp³-hybridized carbons (Fsp3) is 0.404. The van der Waals surface area contributed by atoms with Gasteiger partial charge in [0.15, 0.2) is 23.1 Å². The van der Waals surface area contributed by atoms with Crippen molar-refractivity contribution in [1.82, 2.24) is 29.7 Å². The highest BCUT2D eigenvalue weighted by Gasteiger charge is 2.54. The number of alkyl halides is 4. The van der Waals surface area contributed by atoms with Crippen molar-refractivity contribution in [3.63, 3.8) is 0 Å². The molecule has 0 saturated carbocycles. The van der Waals surface area contributed by atoms with E-state index < -0.39 is 83.4 Å². The van der Waals surface area contributed by atoms with Gasteiger partial charge in [0.25, 0.3) is 6.43 Å². The van der Waals surface area contributed by atoms with Crippen LogP contribution in [-0.4, -0.2) is 131 Å². The maximum Gasteiger partial charge on any atom is 0.319 e. The molecule has 0 aliphatic carbocycles. The zero-order valence-corrected chi connectivity index (χ0v) is 47.8. The first kappa shape index (κ1) is 55.7. The summed E-state index contributed by atoms with van der Waals surface area (Å²) >= 11 is 15.8. The predicted octanol–water partition coefficient (Wildman–Crippen LogP) is 12.5. The summed E-state index contributed by atoms with van der Waals surface area (Å²) in [5.41, 5.74) is 3.05. The highest BCUT2D eigenvalue weighted by atomic mass is 35.5. The van der Waals surface area contributed by atoms with Gasteiger partial charge in [0, 0.05) is 47.8 Å². The molecule has 4 N–H and O–H groups in total. The summed E-state index contributed by atoms with van der Waals surface area (Å²) in [6.45, 7) is 1.48. The molecule has 10 heterocycles. The number of hydrogen-bond acceptors (Lipinski definition) is 18. The van der Waals surface area contributed by atoms with Crippen LogP contribution in [0.25, 0.3) is 64.2 Å². The normalized spacial score (nSPS) is 23.7. The van der Waals surface area contributed by atoms with Crippen LogP contribution in [0.2, 0.25) is 10.0 Å². The number of nitrogens with zero attached hydrogens (tertiary/aromatic N) is 9. The van der Waals surface area contributed by atoms with E-state index in [1.165, 1.54) is 17.0 Å². The van der Waals surface area contributed by atoms with E-state index in [-0.39, 0.29) is 178 Å². The van der Waals surface area contributed by atoms with Gasteiger partial charge in [-0.1, -0.05) is 35.3 Å². The molecule has 6 aliphatic rings. The van der Waals surface area contributed by atoms with E-state index in [2.05, 4.69) is 41.5 Å². The fourth-order valence-corrected chi connectivity index (χ4v) is 16.4. The Hall–Kier alpha value is -7.20. The molecule has 0 bridgehead atoms. The lowest BCUT2D eigenvalue weighted by Gasteiger charge is -2.34. The molecule has 0 amide bonds. The summed E-state index contributed by atoms with van der Waals surface area (Å²) in [4.78, 5) is 23.3. The first-order chi connectivity index (χ1) is 40.9. The Morgan fingerprint density at radius 3 is 2.13 bits per heavy atom. The Kier molecular flexibility index (Phi) is 13.6. The molecule has 4 aromatic carbocycles. The quantitative estimate of drug-likeness (QED) is 0.0976. The fourth-order valence-electron chi connectivity index (χ4n) is 13.7. The molecule has 0 spiro atoms. The van der Waals surface area contributed by atoms with Crippen molar-refractivity contribution < 1.29 is 54.1 Å². The Bertz CT molecular complexity index is 4250. The average Bonchev–Trinajstić information content (AvgIpc) is 3.47. The zero-order chi connectivity index (χ0) is 59.1. The Morgan fingerprint density at radius 1 is 0.812 bits per heavy atom. The Labute approximate surface area is 495 Å². The van der Waals surface area contributed by atoms with Gasteiger partial charge >= 0.3 is 12.0 Å². The summed E-state index contributed by atoms with van der Waals surface area (Å²) in [6, 6.07) is 7.48. The minimum atomic E-state index is -2.90. The number of fused-ring (bicyclic) bond motifs is 4. The number of nitrogens with one attached hydrogen (secondary N) is 2. The lowest BCUT2D eigenvalue weighted by Crippen LogP contribution is -2.48. The number of nitriles is 2. The molecule has 1 unspecified atom stereocenters. The van der Waals surface area contributed by atoms with Crippen LogP contribution in [0.1, 0.15) is 56.6 Å². The molecule has 4 fully saturated rings. The third-order valence-electron chi connectivity index (χ3n) is 17.4. The largest absolute Gasteiger partial charge is 0.489 e. The minimum Gasteiger partial charge on any atom is -0.489 e. The second-order valence-electron chi connectivity index (χ2n) is 22.3. The van der Waals surface area contributed by atoms with Gasteiger partial charge in [-0.3, -0.25) is 9.80 Å². The van der Waals surface area contributed by atoms with Crippen LogP contribution < -0.4 is 40.2 Å². The lowest BCUT2D eigenvalue weighted by molar-refractivity contribution is 0.0908. The summed E-state index contributed by atoms with van der Waals surface area (Å²) < 4.78 is 151. The van der Waals surface area contributed by atoms with Gasteiger partial charge in [0.1, 0.15) is 95.2 Å². The number of benzene rings is 4. The summed E-state index contributed by atoms with van der Waals surface area (Å²) in [5, 5.41) is 27.2. The summed E-state index contributed by atoms with van der Waals surface area (Å²) in [6.07, 6.45) is -3.63. The molecule has 6 atom stereocenters. The molecule has 14 rings (SSSR count). The van der Waals surface area contributed by atoms with Crippen LogP contribution in [0.3, 0.4) is 0 Å². The molecule has 4 saturated heterocycles. The second kappa shape index (κ2) is 20.8. The highest BCUT2D eigenvalue weighted by Crippen LogP contribution is 2.54. The van der Waals surface area contributed by atoms with E-state index >= 15 is 22.0 Å². The standard InChI is InChI=1S/C57H46Cl2F8N12O4S2/c1-23-20-81-47-39-45(43(67)36(41(47)59)26-3-5-30(62)48-34(26)28(15-68)50(70)84-48)74-55(76-52(39)78(23)19-32(64)65)83-22-57-9-7-33(79(57)18-25(61)14-57)72-53-29(16-69)35-27(4-6-31(63)49(35)85-53)37-40(58)46-38-44(42(37)66)73-54(75-51(38)71-10-12-80-46)82-21-56-8-2-11-77(56)17-24(60)13-56/h3-6,23-25,32-33,72H,2,7-14,17-22,70H2,1H3,(H,71,73,75)/t23-,24+,25+,33?,56-,57-/m0/s1. The molecule has 8 aromatic rings. The second-order valence-corrected chi connectivity index (χ2v) is 25.1. The minimum absolute atomic E-state index is 0.0152. The Morgan fingerprint density at radius 2 is 1.44 bits per heavy atom. The average molecular weight is 1250 g/mol. The molecule has 85 heavy (non-hydrogen) atoms. The molecule has 6 aliphatic heterocycles. The third kappa shape index (κ3) is 8.73. The molecule has 0 radical (unpaired) electrons. The van der Waals surface area contributed by atoms with Crippen molar-refractivity contribution in [3.05, 3.63) is 68.7 Å². The predicted molar refractivity (Wildman–Crippen MR) is 306 cm³/mol. The number of thiophene rings is 2. The first-order valence-corrected chi connectivity index (χ1v) is 29.7. The van der Waals surface area contributed by atoms with E-state index in [0.717, 1.165) is 47.8 Å². The van der Waals surface area contributed by atoms with Crippen molar-refractivity contribution >= 4 is 109 Å². The third-order valence-corrected chi connectivity index (χ3v) is 20.3. The molecular formula is C57H46Cl2F8N12O4S2. The zero-order valence-electron chi connectivity index (χ0n) is 44.6. The van der Waals surface area contributed by atoms with Gasteiger partial charge in [0.05, 0.1) is 77.7 Å². The van der Waals surface area contributed by atoms with Gasteiger partial charge < -0.3 is 40.2 Å². The van der Waals surface area contributed by atoms with Crippen LogP contribution in [0.4, 0.5) is 56.8 Å². The van der Waals surface area contributed by atoms with Crippen LogP contribution in [0.5, 0.6) is 23.5 Å². The molecule has 28 heteroatoms. The number of rotatable bonds is 12. The number of aromatic nitrogens is 4. The first-order valence-electron chi connectivity index (χ1n) is 27.3. The van der Waals surface area contributed by atoms with E-state index in [1.54, 1.807) is 6.92 Å². The lowest BCUT2D eigenvalue weighted by atomic mass is 9.95. The van der Waals surface area contributed by atoms with E-state index in [4.69, 9.17) is 47.9 Å². The van der Waals surface area contributed by atoms with E-state index in [1.807, 2.05) is 11.0 Å².